The lowest BCUT2D eigenvalue weighted by molar-refractivity contribution is -0.385. The lowest BCUT2D eigenvalue weighted by Gasteiger charge is -2.25. The van der Waals surface area contributed by atoms with Crippen LogP contribution in [-0.2, 0) is 10.0 Å². The van der Waals surface area contributed by atoms with Crippen LogP contribution in [0.2, 0.25) is 0 Å². The topological polar surface area (TPSA) is 123 Å². The molecule has 3 aromatic rings. The number of nitrogens with zero attached hydrogens (tertiary/aromatic N) is 3. The number of hydrogen-bond acceptors (Lipinski definition) is 7. The second kappa shape index (κ2) is 7.80. The van der Waals surface area contributed by atoms with E-state index >= 15 is 0 Å². The van der Waals surface area contributed by atoms with Crippen molar-refractivity contribution in [2.45, 2.75) is 24.2 Å². The number of aryl methyl sites for hydroxylation is 1. The molecule has 0 amide bonds. The number of non-ortho nitro benzene ring substituents is 1. The number of anilines is 1. The molecule has 0 radical (unpaired) electrons. The summed E-state index contributed by atoms with van der Waals surface area (Å²) in [5.41, 5.74) is 0.144. The van der Waals surface area contributed by atoms with Crippen molar-refractivity contribution in [1.29, 1.82) is 0 Å². The first-order chi connectivity index (χ1) is 15.1. The van der Waals surface area contributed by atoms with Crippen molar-refractivity contribution in [3.8, 4) is 5.75 Å². The van der Waals surface area contributed by atoms with Crippen LogP contribution in [0.4, 0.5) is 20.3 Å². The van der Waals surface area contributed by atoms with Gasteiger partial charge in [0.1, 0.15) is 5.82 Å². The number of rotatable bonds is 5. The molecule has 0 spiro atoms. The van der Waals surface area contributed by atoms with Crippen LogP contribution >= 0.6 is 0 Å². The number of aliphatic hydroxyl groups excluding tert-OH is 1. The molecule has 1 aromatic heterocycles. The maximum atomic E-state index is 14.3. The van der Waals surface area contributed by atoms with Gasteiger partial charge in [0, 0.05) is 11.6 Å². The van der Waals surface area contributed by atoms with Gasteiger partial charge in [-0.2, -0.15) is 0 Å². The average molecular weight is 463 g/mol. The SMILES string of the molecule is Cc1ccc(S(=O)(=O)N2c3ncc(F)cc3C(Oc3ccc([N+](=O)[O-])cc3F)C2O)cc1. The summed E-state index contributed by atoms with van der Waals surface area (Å²) in [6, 6.07) is 9.28. The smallest absolute Gasteiger partial charge is 0.272 e. The highest BCUT2D eigenvalue weighted by Gasteiger charge is 2.47. The zero-order valence-electron chi connectivity index (χ0n) is 16.3. The highest BCUT2D eigenvalue weighted by atomic mass is 32.2. The van der Waals surface area contributed by atoms with Gasteiger partial charge in [0.2, 0.25) is 0 Å². The van der Waals surface area contributed by atoms with Crippen molar-refractivity contribution in [2.24, 2.45) is 0 Å². The highest BCUT2D eigenvalue weighted by molar-refractivity contribution is 7.92. The molecule has 1 N–H and O–H groups in total. The molecule has 2 heterocycles. The predicted molar refractivity (Wildman–Crippen MR) is 107 cm³/mol. The fraction of sp³-hybridized carbons (Fsp3) is 0.150. The summed E-state index contributed by atoms with van der Waals surface area (Å²) < 4.78 is 60.7. The van der Waals surface area contributed by atoms with E-state index < -0.39 is 50.3 Å². The van der Waals surface area contributed by atoms with Crippen LogP contribution in [0, 0.1) is 28.7 Å². The number of aliphatic hydroxyl groups is 1. The molecule has 2 atom stereocenters. The van der Waals surface area contributed by atoms with E-state index in [1.54, 1.807) is 19.1 Å². The van der Waals surface area contributed by atoms with Crippen LogP contribution in [-0.4, -0.2) is 29.7 Å². The van der Waals surface area contributed by atoms with E-state index in [1.807, 2.05) is 0 Å². The van der Waals surface area contributed by atoms with Gasteiger partial charge in [0.15, 0.2) is 29.7 Å². The fourth-order valence-electron chi connectivity index (χ4n) is 3.29. The van der Waals surface area contributed by atoms with Crippen LogP contribution in [0.5, 0.6) is 5.75 Å². The molecule has 0 fully saturated rings. The molecule has 2 aromatic carbocycles. The third-order valence-corrected chi connectivity index (χ3v) is 6.62. The molecule has 166 valence electrons. The summed E-state index contributed by atoms with van der Waals surface area (Å²) in [6.07, 6.45) is -2.69. The molecule has 0 saturated carbocycles. The lowest BCUT2D eigenvalue weighted by Crippen LogP contribution is -2.40. The summed E-state index contributed by atoms with van der Waals surface area (Å²) in [6.45, 7) is 1.77. The minimum absolute atomic E-state index is 0.133. The van der Waals surface area contributed by atoms with Gasteiger partial charge in [0.25, 0.3) is 15.7 Å². The Morgan fingerprint density at radius 1 is 1.16 bits per heavy atom. The molecule has 4 rings (SSSR count). The van der Waals surface area contributed by atoms with Crippen molar-refractivity contribution >= 4 is 21.5 Å². The summed E-state index contributed by atoms with van der Waals surface area (Å²) in [7, 11) is -4.35. The molecule has 0 bridgehead atoms. The highest BCUT2D eigenvalue weighted by Crippen LogP contribution is 2.43. The van der Waals surface area contributed by atoms with E-state index in [4.69, 9.17) is 4.74 Å². The minimum atomic E-state index is -4.35. The Labute approximate surface area is 180 Å². The average Bonchev–Trinajstić information content (AvgIpc) is 3.01. The third-order valence-electron chi connectivity index (χ3n) is 4.85. The Kier molecular flexibility index (Phi) is 5.26. The molecular weight excluding hydrogens is 448 g/mol. The zero-order valence-corrected chi connectivity index (χ0v) is 17.2. The number of ether oxygens (including phenoxy) is 1. The largest absolute Gasteiger partial charge is 0.478 e. The second-order valence-corrected chi connectivity index (χ2v) is 8.82. The Hall–Kier alpha value is -3.64. The van der Waals surface area contributed by atoms with Crippen LogP contribution in [0.25, 0.3) is 0 Å². The Balaban J connectivity index is 1.77. The number of hydrogen-bond donors (Lipinski definition) is 1. The quantitative estimate of drug-likeness (QED) is 0.455. The summed E-state index contributed by atoms with van der Waals surface area (Å²) >= 11 is 0. The zero-order chi connectivity index (χ0) is 23.2. The van der Waals surface area contributed by atoms with Crippen molar-refractivity contribution in [2.75, 3.05) is 4.31 Å². The van der Waals surface area contributed by atoms with Crippen LogP contribution in [0.15, 0.2) is 59.6 Å². The Morgan fingerprint density at radius 2 is 1.84 bits per heavy atom. The van der Waals surface area contributed by atoms with E-state index in [-0.39, 0.29) is 16.3 Å². The lowest BCUT2D eigenvalue weighted by atomic mass is 10.1. The van der Waals surface area contributed by atoms with Crippen molar-refractivity contribution < 1.29 is 32.0 Å². The van der Waals surface area contributed by atoms with Gasteiger partial charge < -0.3 is 9.84 Å². The monoisotopic (exact) mass is 463 g/mol. The molecule has 2 unspecified atom stereocenters. The van der Waals surface area contributed by atoms with Crippen LogP contribution in [0.3, 0.4) is 0 Å². The number of sulfonamides is 1. The van der Waals surface area contributed by atoms with E-state index in [0.717, 1.165) is 30.0 Å². The van der Waals surface area contributed by atoms with Crippen molar-refractivity contribution in [3.05, 3.63) is 87.6 Å². The maximum Gasteiger partial charge on any atom is 0.272 e. The number of nitro benzene ring substituents is 1. The molecule has 0 aliphatic carbocycles. The number of benzene rings is 2. The number of nitro groups is 1. The molecule has 9 nitrogen and oxygen atoms in total. The van der Waals surface area contributed by atoms with E-state index in [9.17, 15) is 32.4 Å². The first kappa shape index (κ1) is 21.6. The Bertz CT molecular complexity index is 1320. The first-order valence-electron chi connectivity index (χ1n) is 9.15. The normalized spacial score (nSPS) is 17.8. The second-order valence-electron chi connectivity index (χ2n) is 7.00. The summed E-state index contributed by atoms with van der Waals surface area (Å²) in [5, 5.41) is 21.6. The minimum Gasteiger partial charge on any atom is -0.478 e. The molecule has 32 heavy (non-hydrogen) atoms. The molecule has 0 saturated heterocycles. The molecular formula is C20H15F2N3O6S. The fourth-order valence-corrected chi connectivity index (χ4v) is 4.77. The van der Waals surface area contributed by atoms with Crippen molar-refractivity contribution in [1.82, 2.24) is 4.98 Å². The van der Waals surface area contributed by atoms with Gasteiger partial charge in [-0.05, 0) is 31.2 Å². The number of pyridine rings is 1. The van der Waals surface area contributed by atoms with Crippen LogP contribution in [0.1, 0.15) is 17.2 Å². The standard InChI is InChI=1S/C20H15F2N3O6S/c1-11-2-5-14(6-3-11)32(29,30)24-19-15(8-12(21)10-23-19)18(20(24)26)31-17-7-4-13(25(27)28)9-16(17)22/h2-10,18,20,26H,1H3. The number of fused-ring (bicyclic) bond motifs is 1. The van der Waals surface area contributed by atoms with E-state index in [1.165, 1.54) is 12.1 Å². The predicted octanol–water partition coefficient (Wildman–Crippen LogP) is 3.22. The van der Waals surface area contributed by atoms with Gasteiger partial charge in [-0.3, -0.25) is 10.1 Å². The molecule has 12 heteroatoms. The van der Waals surface area contributed by atoms with Gasteiger partial charge in [-0.1, -0.05) is 17.7 Å². The van der Waals surface area contributed by atoms with Crippen LogP contribution < -0.4 is 9.04 Å². The van der Waals surface area contributed by atoms with E-state index in [2.05, 4.69) is 4.98 Å². The molecule has 1 aliphatic rings. The van der Waals surface area contributed by atoms with E-state index in [0.29, 0.717) is 10.4 Å². The number of aromatic nitrogens is 1. The van der Waals surface area contributed by atoms with Crippen molar-refractivity contribution in [3.63, 3.8) is 0 Å². The summed E-state index contributed by atoms with van der Waals surface area (Å²) in [5.74, 6) is -2.73. The number of halogens is 2. The van der Waals surface area contributed by atoms with Gasteiger partial charge in [-0.15, -0.1) is 0 Å². The third kappa shape index (κ3) is 3.63. The summed E-state index contributed by atoms with van der Waals surface area (Å²) in [4.78, 5) is 13.7. The first-order valence-corrected chi connectivity index (χ1v) is 10.6. The Morgan fingerprint density at radius 3 is 2.47 bits per heavy atom. The van der Waals surface area contributed by atoms with Gasteiger partial charge in [-0.25, -0.2) is 26.5 Å². The maximum absolute atomic E-state index is 14.3. The van der Waals surface area contributed by atoms with Gasteiger partial charge >= 0.3 is 0 Å². The van der Waals surface area contributed by atoms with Gasteiger partial charge in [0.05, 0.1) is 22.1 Å². The molecule has 1 aliphatic heterocycles.